The van der Waals surface area contributed by atoms with E-state index in [-0.39, 0.29) is 5.56 Å². The van der Waals surface area contributed by atoms with Crippen molar-refractivity contribution in [3.63, 3.8) is 0 Å². The lowest BCUT2D eigenvalue weighted by atomic mass is 10.1. The molecule has 0 atom stereocenters. The fourth-order valence-electron chi connectivity index (χ4n) is 2.17. The first kappa shape index (κ1) is 18.2. The molecule has 0 radical (unpaired) electrons. The normalized spacial score (nSPS) is 10.2. The molecule has 0 unspecified atom stereocenters. The van der Waals surface area contributed by atoms with Gasteiger partial charge in [-0.15, -0.1) is 0 Å². The van der Waals surface area contributed by atoms with Crippen LogP contribution in [0.2, 0.25) is 0 Å². The highest BCUT2D eigenvalue weighted by molar-refractivity contribution is 5.98. The standard InChI is InChI=1S/C17H18N2O6/c1-9-5-6-12(16(21)23-4)7-13(9)18-14(20)8-24-17(22)15-10(2)19-25-11(15)3/h5-7H,8H2,1-4H3,(H,18,20). The van der Waals surface area contributed by atoms with Gasteiger partial charge >= 0.3 is 11.9 Å². The molecular formula is C17H18N2O6. The Labute approximate surface area is 144 Å². The van der Waals surface area contributed by atoms with E-state index in [9.17, 15) is 14.4 Å². The highest BCUT2D eigenvalue weighted by Gasteiger charge is 2.20. The van der Waals surface area contributed by atoms with Crippen molar-refractivity contribution < 1.29 is 28.4 Å². The monoisotopic (exact) mass is 346 g/mol. The van der Waals surface area contributed by atoms with Crippen molar-refractivity contribution in [1.82, 2.24) is 5.16 Å². The van der Waals surface area contributed by atoms with Crippen molar-refractivity contribution in [2.24, 2.45) is 0 Å². The lowest BCUT2D eigenvalue weighted by Gasteiger charge is -2.10. The van der Waals surface area contributed by atoms with E-state index in [0.717, 1.165) is 5.56 Å². The number of carbonyl (C=O) groups excluding carboxylic acids is 3. The highest BCUT2D eigenvalue weighted by atomic mass is 16.5. The highest BCUT2D eigenvalue weighted by Crippen LogP contribution is 2.18. The average molecular weight is 346 g/mol. The fourth-order valence-corrected chi connectivity index (χ4v) is 2.17. The van der Waals surface area contributed by atoms with E-state index in [1.165, 1.54) is 13.2 Å². The molecule has 0 aliphatic rings. The molecule has 1 heterocycles. The van der Waals surface area contributed by atoms with E-state index in [0.29, 0.717) is 22.7 Å². The van der Waals surface area contributed by atoms with Gasteiger partial charge in [-0.1, -0.05) is 11.2 Å². The number of aryl methyl sites for hydroxylation is 3. The summed E-state index contributed by atoms with van der Waals surface area (Å²) in [6, 6.07) is 4.77. The fraction of sp³-hybridized carbons (Fsp3) is 0.294. The van der Waals surface area contributed by atoms with Crippen LogP contribution < -0.4 is 5.32 Å². The number of amides is 1. The summed E-state index contributed by atoms with van der Waals surface area (Å²) in [6.07, 6.45) is 0. The van der Waals surface area contributed by atoms with E-state index in [4.69, 9.17) is 9.26 Å². The molecule has 132 valence electrons. The van der Waals surface area contributed by atoms with Gasteiger partial charge in [0.05, 0.1) is 18.4 Å². The van der Waals surface area contributed by atoms with Crippen LogP contribution in [-0.4, -0.2) is 36.7 Å². The number of esters is 2. The predicted octanol–water partition coefficient (Wildman–Crippen LogP) is 2.18. The number of aromatic nitrogens is 1. The number of nitrogens with zero attached hydrogens (tertiary/aromatic N) is 1. The van der Waals surface area contributed by atoms with Crippen LogP contribution in [-0.2, 0) is 14.3 Å². The van der Waals surface area contributed by atoms with E-state index >= 15 is 0 Å². The molecular weight excluding hydrogens is 328 g/mol. The molecule has 8 nitrogen and oxygen atoms in total. The Bertz CT molecular complexity index is 805. The number of ether oxygens (including phenoxy) is 2. The number of anilines is 1. The molecule has 1 N–H and O–H groups in total. The predicted molar refractivity (Wildman–Crippen MR) is 87.4 cm³/mol. The second kappa shape index (κ2) is 7.61. The first-order chi connectivity index (χ1) is 11.8. The summed E-state index contributed by atoms with van der Waals surface area (Å²) in [4.78, 5) is 35.6. The van der Waals surface area contributed by atoms with Gasteiger partial charge < -0.3 is 19.3 Å². The first-order valence-electron chi connectivity index (χ1n) is 7.42. The van der Waals surface area contributed by atoms with Crippen molar-refractivity contribution in [2.45, 2.75) is 20.8 Å². The first-order valence-corrected chi connectivity index (χ1v) is 7.42. The van der Waals surface area contributed by atoms with E-state index < -0.39 is 24.5 Å². The number of rotatable bonds is 5. The third-order valence-corrected chi connectivity index (χ3v) is 3.50. The van der Waals surface area contributed by atoms with Crippen molar-refractivity contribution in [3.8, 4) is 0 Å². The quantitative estimate of drug-likeness (QED) is 0.827. The van der Waals surface area contributed by atoms with Gasteiger partial charge in [0.15, 0.2) is 6.61 Å². The maximum absolute atomic E-state index is 12.0. The zero-order valence-electron chi connectivity index (χ0n) is 14.3. The Morgan fingerprint density at radius 1 is 1.16 bits per heavy atom. The van der Waals surface area contributed by atoms with Crippen molar-refractivity contribution in [1.29, 1.82) is 0 Å². The molecule has 25 heavy (non-hydrogen) atoms. The summed E-state index contributed by atoms with van der Waals surface area (Å²) in [5.41, 5.74) is 2.08. The number of methoxy groups -OCH3 is 1. The summed E-state index contributed by atoms with van der Waals surface area (Å²) in [6.45, 7) is 4.48. The maximum atomic E-state index is 12.0. The van der Waals surface area contributed by atoms with Crippen LogP contribution in [0.25, 0.3) is 0 Å². The molecule has 0 saturated heterocycles. The van der Waals surface area contributed by atoms with E-state index in [1.54, 1.807) is 32.9 Å². The molecule has 2 aromatic rings. The summed E-state index contributed by atoms with van der Waals surface area (Å²) in [5, 5.41) is 6.25. The molecule has 0 fully saturated rings. The minimum Gasteiger partial charge on any atom is -0.465 e. The van der Waals surface area contributed by atoms with E-state index in [1.807, 2.05) is 0 Å². The number of hydrogen-bond acceptors (Lipinski definition) is 7. The van der Waals surface area contributed by atoms with Gasteiger partial charge in [0.1, 0.15) is 11.3 Å². The summed E-state index contributed by atoms with van der Waals surface area (Å²) < 4.78 is 14.5. The smallest absolute Gasteiger partial charge is 0.344 e. The Hall–Kier alpha value is -3.16. The van der Waals surface area contributed by atoms with Crippen LogP contribution in [0.4, 0.5) is 5.69 Å². The molecule has 0 bridgehead atoms. The summed E-state index contributed by atoms with van der Waals surface area (Å²) in [5.74, 6) is -1.42. The average Bonchev–Trinajstić information content (AvgIpc) is 2.92. The number of carbonyl (C=O) groups is 3. The van der Waals surface area contributed by atoms with Crippen LogP contribution in [0.1, 0.15) is 37.7 Å². The molecule has 8 heteroatoms. The summed E-state index contributed by atoms with van der Waals surface area (Å²) >= 11 is 0. The van der Waals surface area contributed by atoms with Crippen LogP contribution in [0.15, 0.2) is 22.7 Å². The molecule has 0 spiro atoms. The zero-order valence-corrected chi connectivity index (χ0v) is 14.3. The van der Waals surface area contributed by atoms with Crippen LogP contribution in [0.3, 0.4) is 0 Å². The van der Waals surface area contributed by atoms with Crippen LogP contribution >= 0.6 is 0 Å². The number of hydrogen-bond donors (Lipinski definition) is 1. The number of benzene rings is 1. The SMILES string of the molecule is COC(=O)c1ccc(C)c(NC(=O)COC(=O)c2c(C)noc2C)c1. The van der Waals surface area contributed by atoms with Gasteiger partial charge in [-0.25, -0.2) is 9.59 Å². The van der Waals surface area contributed by atoms with Gasteiger partial charge in [0.25, 0.3) is 5.91 Å². The summed E-state index contributed by atoms with van der Waals surface area (Å²) in [7, 11) is 1.27. The van der Waals surface area contributed by atoms with Crippen molar-refractivity contribution in [2.75, 3.05) is 19.0 Å². The van der Waals surface area contributed by atoms with Crippen molar-refractivity contribution in [3.05, 3.63) is 46.3 Å². The molecule has 0 aliphatic carbocycles. The van der Waals surface area contributed by atoms with Crippen LogP contribution in [0.5, 0.6) is 0 Å². The molecule has 2 rings (SSSR count). The Kier molecular flexibility index (Phi) is 5.53. The minimum atomic E-state index is -0.688. The van der Waals surface area contributed by atoms with Gasteiger partial charge in [-0.2, -0.15) is 0 Å². The lowest BCUT2D eigenvalue weighted by Crippen LogP contribution is -2.22. The Morgan fingerprint density at radius 2 is 1.88 bits per heavy atom. The largest absolute Gasteiger partial charge is 0.465 e. The minimum absolute atomic E-state index is 0.205. The third kappa shape index (κ3) is 4.23. The third-order valence-electron chi connectivity index (χ3n) is 3.50. The van der Waals surface area contributed by atoms with Gasteiger partial charge in [-0.05, 0) is 38.5 Å². The Balaban J connectivity index is 2.01. The molecule has 1 aromatic carbocycles. The molecule has 0 saturated carbocycles. The zero-order chi connectivity index (χ0) is 18.6. The molecule has 1 amide bonds. The van der Waals surface area contributed by atoms with Gasteiger partial charge in [-0.3, -0.25) is 4.79 Å². The molecule has 0 aliphatic heterocycles. The van der Waals surface area contributed by atoms with Crippen LogP contribution in [0, 0.1) is 20.8 Å². The van der Waals surface area contributed by atoms with Crippen molar-refractivity contribution >= 4 is 23.5 Å². The maximum Gasteiger partial charge on any atom is 0.344 e. The van der Waals surface area contributed by atoms with Gasteiger partial charge in [0.2, 0.25) is 0 Å². The lowest BCUT2D eigenvalue weighted by molar-refractivity contribution is -0.119. The van der Waals surface area contributed by atoms with E-state index in [2.05, 4.69) is 15.2 Å². The second-order valence-corrected chi connectivity index (χ2v) is 5.34. The number of nitrogens with one attached hydrogen (secondary N) is 1. The second-order valence-electron chi connectivity index (χ2n) is 5.34. The van der Waals surface area contributed by atoms with Gasteiger partial charge in [0, 0.05) is 5.69 Å². The Morgan fingerprint density at radius 3 is 2.48 bits per heavy atom. The topological polar surface area (TPSA) is 108 Å². The molecule has 1 aromatic heterocycles.